The minimum absolute atomic E-state index is 0. The molecule has 0 aliphatic heterocycles. The molecule has 3 heteroatoms. The fourth-order valence-electron chi connectivity index (χ4n) is 1.46. The molecule has 15 heavy (non-hydrogen) atoms. The van der Waals surface area contributed by atoms with Gasteiger partial charge in [-0.25, -0.2) is 0 Å². The summed E-state index contributed by atoms with van der Waals surface area (Å²) in [6.45, 7) is 13.9. The Bertz CT molecular complexity index is 93.6. The van der Waals surface area contributed by atoms with Crippen LogP contribution in [0.2, 0.25) is 37.3 Å². The summed E-state index contributed by atoms with van der Waals surface area (Å²) in [7, 11) is 0.240. The van der Waals surface area contributed by atoms with Crippen LogP contribution in [0.1, 0.15) is 40.5 Å². The van der Waals surface area contributed by atoms with E-state index in [4.69, 9.17) is 0 Å². The van der Waals surface area contributed by atoms with Gasteiger partial charge in [-0.15, -0.1) is 0 Å². The summed E-state index contributed by atoms with van der Waals surface area (Å²) in [5, 5.41) is 0. The maximum absolute atomic E-state index is 2.36. The zero-order chi connectivity index (χ0) is 11.4. The molecule has 0 aromatic heterocycles. The zero-order valence-corrected chi connectivity index (χ0v) is 16.9. The molecule has 0 aliphatic rings. The van der Waals surface area contributed by atoms with Gasteiger partial charge < -0.3 is 0 Å². The molecule has 90 valence electrons. The van der Waals surface area contributed by atoms with E-state index in [1.807, 2.05) is 0 Å². The third kappa shape index (κ3) is 21.6. The predicted molar refractivity (Wildman–Crippen MR) is 74.4 cm³/mol. The fourth-order valence-corrected chi connectivity index (χ4v) is 4.37. The Morgan fingerprint density at radius 3 is 1.20 bits per heavy atom. The maximum atomic E-state index is 2.36. The van der Waals surface area contributed by atoms with Crippen LogP contribution in [-0.2, 0) is 0 Å². The van der Waals surface area contributed by atoms with Crippen LogP contribution in [0.25, 0.3) is 0 Å². The Hall–Kier alpha value is 1.81. The third-order valence-electron chi connectivity index (χ3n) is 2.35. The summed E-state index contributed by atoms with van der Waals surface area (Å²) < 4.78 is 0. The maximum Gasteiger partial charge on any atom is 0.0473 e. The molecule has 0 saturated heterocycles. The van der Waals surface area contributed by atoms with Crippen LogP contribution in [0, 0.1) is 41.7 Å². The molecule has 0 fully saturated rings. The molecule has 0 amide bonds. The molecule has 0 rings (SSSR count). The molecule has 0 spiro atoms. The summed E-state index contributed by atoms with van der Waals surface area (Å²) in [5.41, 5.74) is 0. The quantitative estimate of drug-likeness (QED) is 0.572. The minimum atomic E-state index is 0. The molecule has 0 aromatic carbocycles. The summed E-state index contributed by atoms with van der Waals surface area (Å²) in [6, 6.07) is 5.94. The zero-order valence-electron chi connectivity index (χ0n) is 11.7. The van der Waals surface area contributed by atoms with Gasteiger partial charge >= 0.3 is 0 Å². The van der Waals surface area contributed by atoms with Crippen molar-refractivity contribution in [2.45, 2.75) is 77.8 Å². The van der Waals surface area contributed by atoms with E-state index in [1.54, 1.807) is 0 Å². The summed E-state index contributed by atoms with van der Waals surface area (Å²) in [6.07, 6.45) is 2.78. The van der Waals surface area contributed by atoms with Crippen LogP contribution in [0.5, 0.6) is 0 Å². The van der Waals surface area contributed by atoms with Crippen molar-refractivity contribution in [3.05, 3.63) is 0 Å². The van der Waals surface area contributed by atoms with Crippen molar-refractivity contribution < 1.29 is 41.7 Å². The topological polar surface area (TPSA) is 0 Å². The van der Waals surface area contributed by atoms with Gasteiger partial charge in [0.05, 0.1) is 0 Å². The Morgan fingerprint density at radius 2 is 1.13 bits per heavy atom. The average molecular weight is 371 g/mol. The summed E-state index contributed by atoms with van der Waals surface area (Å²) >= 11 is 0. The van der Waals surface area contributed by atoms with E-state index in [2.05, 4.69) is 40.8 Å². The van der Waals surface area contributed by atoms with Gasteiger partial charge in [0, 0.05) is 59.3 Å². The molecule has 0 saturated carbocycles. The van der Waals surface area contributed by atoms with Crippen molar-refractivity contribution in [1.82, 2.24) is 0 Å². The first-order valence-electron chi connectivity index (χ1n) is 6.24. The van der Waals surface area contributed by atoms with Crippen LogP contribution >= 0.6 is 0 Å². The Balaban J connectivity index is -0.000000187. The number of hydrogen-bond acceptors (Lipinski definition) is 0. The largest absolute Gasteiger partial charge is 0.0713 e. The first-order chi connectivity index (χ1) is 6.62. The van der Waals surface area contributed by atoms with Crippen LogP contribution in [0.15, 0.2) is 0 Å². The van der Waals surface area contributed by atoms with Gasteiger partial charge in [0.25, 0.3) is 0 Å². The molecule has 2 radical (unpaired) electrons. The van der Waals surface area contributed by atoms with Crippen molar-refractivity contribution >= 4 is 17.6 Å². The third-order valence-corrected chi connectivity index (χ3v) is 7.06. The van der Waals surface area contributed by atoms with E-state index in [0.717, 1.165) is 0 Å². The first-order valence-corrected chi connectivity index (χ1v) is 11.1. The normalized spacial score (nSPS) is 9.60. The minimum Gasteiger partial charge on any atom is -0.0713 e. The molecule has 0 aliphatic carbocycles. The van der Waals surface area contributed by atoms with Gasteiger partial charge in [-0.1, -0.05) is 77.8 Å². The van der Waals surface area contributed by atoms with Crippen molar-refractivity contribution in [3.8, 4) is 0 Å². The average Bonchev–Trinajstić information content (AvgIpc) is 2.15. The molecule has 0 bridgehead atoms. The summed E-state index contributed by atoms with van der Waals surface area (Å²) in [4.78, 5) is 0. The van der Waals surface area contributed by atoms with Gasteiger partial charge in [0.15, 0.2) is 0 Å². The van der Waals surface area contributed by atoms with E-state index in [-0.39, 0.29) is 59.3 Å². The van der Waals surface area contributed by atoms with Gasteiger partial charge in [0.1, 0.15) is 0 Å². The van der Waals surface area contributed by atoms with Crippen molar-refractivity contribution in [3.63, 3.8) is 0 Å². The molecular formula is C12H30CeSi2. The van der Waals surface area contributed by atoms with Gasteiger partial charge in [-0.05, 0) is 0 Å². The van der Waals surface area contributed by atoms with Crippen molar-refractivity contribution in [1.29, 1.82) is 0 Å². The molecule has 0 nitrogen and oxygen atoms in total. The van der Waals surface area contributed by atoms with E-state index in [0.29, 0.717) is 0 Å². The molecule has 0 heterocycles. The fraction of sp³-hybridized carbons (Fsp3) is 1.00. The second-order valence-corrected chi connectivity index (χ2v) is 10.5. The predicted octanol–water partition coefficient (Wildman–Crippen LogP) is 5.08. The summed E-state index contributed by atoms with van der Waals surface area (Å²) in [5.74, 6) is 0. The van der Waals surface area contributed by atoms with Crippen molar-refractivity contribution in [2.75, 3.05) is 0 Å². The Kier molecular flexibility index (Phi) is 26.7. The van der Waals surface area contributed by atoms with Gasteiger partial charge in [-0.2, -0.15) is 0 Å². The van der Waals surface area contributed by atoms with Crippen LogP contribution in [0.4, 0.5) is 0 Å². The molecule has 0 aromatic rings. The van der Waals surface area contributed by atoms with E-state index in [1.165, 1.54) is 37.0 Å². The smallest absolute Gasteiger partial charge is 0.0473 e. The first kappa shape index (κ1) is 22.0. The van der Waals surface area contributed by atoms with Gasteiger partial charge in [0.2, 0.25) is 0 Å². The van der Waals surface area contributed by atoms with Gasteiger partial charge in [-0.3, -0.25) is 0 Å². The molecule has 0 N–H and O–H groups in total. The Labute approximate surface area is 136 Å². The molecule has 0 atom stereocenters. The van der Waals surface area contributed by atoms with Crippen LogP contribution in [-0.4, -0.2) is 17.6 Å². The van der Waals surface area contributed by atoms with Crippen molar-refractivity contribution in [2.24, 2.45) is 0 Å². The van der Waals surface area contributed by atoms with E-state index in [9.17, 15) is 0 Å². The second-order valence-electron chi connectivity index (χ2n) is 4.16. The van der Waals surface area contributed by atoms with Crippen LogP contribution in [0.3, 0.4) is 0 Å². The van der Waals surface area contributed by atoms with E-state index >= 15 is 0 Å². The van der Waals surface area contributed by atoms with Crippen LogP contribution < -0.4 is 0 Å². The molecular weight excluding hydrogens is 340 g/mol. The SMILES string of the molecule is CCC[Si](C)C.CCC[Si](CC)CC.[Ce]. The second kappa shape index (κ2) is 18.2. The monoisotopic (exact) mass is 370 g/mol. The number of hydrogen-bond donors (Lipinski definition) is 0. The van der Waals surface area contributed by atoms with E-state index < -0.39 is 0 Å². The number of rotatable bonds is 6. The Morgan fingerprint density at radius 1 is 0.733 bits per heavy atom. The molecule has 0 unspecified atom stereocenters. The standard InChI is InChI=1S/C7H17Si.C5H13Si.Ce/c1-4-7-8(5-2)6-3;1-4-5-6(2)3;/h4-7H2,1-3H3;4-5H2,1-3H3;.